The molecular weight excluding hydrogens is 387 g/mol. The summed E-state index contributed by atoms with van der Waals surface area (Å²) in [6.45, 7) is 0.742. The van der Waals surface area contributed by atoms with Crippen molar-refractivity contribution in [3.8, 4) is 0 Å². The topological polar surface area (TPSA) is 80.2 Å². The van der Waals surface area contributed by atoms with Crippen LogP contribution < -0.4 is 16.2 Å². The minimum atomic E-state index is -4.82. The Morgan fingerprint density at radius 1 is 1.19 bits per heavy atom. The van der Waals surface area contributed by atoms with E-state index >= 15 is 0 Å². The number of nitrogens with zero attached hydrogens (tertiary/aromatic N) is 1. The summed E-state index contributed by atoms with van der Waals surface area (Å²) < 4.78 is 38.7. The molecule has 0 unspecified atom stereocenters. The smallest absolute Gasteiger partial charge is 0.345 e. The van der Waals surface area contributed by atoms with Crippen LogP contribution in [0.4, 0.5) is 18.9 Å². The highest BCUT2D eigenvalue weighted by Gasteiger charge is 2.34. The lowest BCUT2D eigenvalue weighted by atomic mass is 10.2. The number of amides is 2. The number of hydrogen-bond donors (Lipinski definition) is 2. The van der Waals surface area contributed by atoms with Crippen LogP contribution in [0, 0.1) is 6.92 Å². The molecule has 0 saturated carbocycles. The second-order valence-corrected chi connectivity index (χ2v) is 6.07. The zero-order chi connectivity index (χ0) is 20.2. The molecule has 0 atom stereocenters. The van der Waals surface area contributed by atoms with Gasteiger partial charge in [0, 0.05) is 6.20 Å². The third-order valence-corrected chi connectivity index (χ3v) is 3.80. The van der Waals surface area contributed by atoms with E-state index in [1.165, 1.54) is 0 Å². The van der Waals surface area contributed by atoms with Crippen LogP contribution in [0.1, 0.15) is 11.1 Å². The lowest BCUT2D eigenvalue weighted by Gasteiger charge is -2.11. The Bertz CT molecular complexity index is 926. The minimum Gasteiger partial charge on any atom is -0.345 e. The maximum absolute atomic E-state index is 12.7. The van der Waals surface area contributed by atoms with Crippen molar-refractivity contribution in [3.05, 3.63) is 63.0 Å². The van der Waals surface area contributed by atoms with E-state index in [9.17, 15) is 27.6 Å². The predicted molar refractivity (Wildman–Crippen MR) is 93.5 cm³/mol. The van der Waals surface area contributed by atoms with Crippen LogP contribution in [0.2, 0.25) is 5.02 Å². The molecule has 1 aromatic heterocycles. The number of benzene rings is 1. The maximum atomic E-state index is 12.7. The Morgan fingerprint density at radius 2 is 1.89 bits per heavy atom. The Balaban J connectivity index is 1.95. The van der Waals surface area contributed by atoms with Gasteiger partial charge in [-0.15, -0.1) is 0 Å². The number of hydrogen-bond acceptors (Lipinski definition) is 3. The fourth-order valence-corrected chi connectivity index (χ4v) is 2.46. The molecule has 2 rings (SSSR count). The van der Waals surface area contributed by atoms with E-state index in [4.69, 9.17) is 11.6 Å². The van der Waals surface area contributed by atoms with E-state index in [0.717, 1.165) is 17.8 Å². The fraction of sp³-hybridized carbons (Fsp3) is 0.235. The van der Waals surface area contributed by atoms with E-state index < -0.39 is 42.2 Å². The molecule has 2 amide bonds. The zero-order valence-electron chi connectivity index (χ0n) is 14.1. The van der Waals surface area contributed by atoms with Gasteiger partial charge in [0.1, 0.15) is 12.1 Å². The number of halogens is 4. The van der Waals surface area contributed by atoms with Crippen molar-refractivity contribution in [3.63, 3.8) is 0 Å². The third-order valence-electron chi connectivity index (χ3n) is 3.48. The summed E-state index contributed by atoms with van der Waals surface area (Å²) in [5.41, 5.74) is -1.45. The van der Waals surface area contributed by atoms with Gasteiger partial charge in [0.15, 0.2) is 0 Å². The summed E-state index contributed by atoms with van der Waals surface area (Å²) in [5.74, 6) is -1.37. The van der Waals surface area contributed by atoms with Gasteiger partial charge in [0.05, 0.1) is 17.3 Å². The lowest BCUT2D eigenvalue weighted by Crippen LogP contribution is -2.38. The van der Waals surface area contributed by atoms with Crippen LogP contribution in [-0.2, 0) is 22.3 Å². The Kier molecular flexibility index (Phi) is 6.27. The van der Waals surface area contributed by atoms with Crippen LogP contribution in [0.3, 0.4) is 0 Å². The summed E-state index contributed by atoms with van der Waals surface area (Å²) in [4.78, 5) is 35.5. The number of carbonyl (C=O) groups is 2. The van der Waals surface area contributed by atoms with Crippen molar-refractivity contribution in [1.82, 2.24) is 9.88 Å². The van der Waals surface area contributed by atoms with Gasteiger partial charge in [0.25, 0.3) is 5.56 Å². The van der Waals surface area contributed by atoms with Crippen LogP contribution in [0.25, 0.3) is 0 Å². The second kappa shape index (κ2) is 8.26. The first-order chi connectivity index (χ1) is 12.6. The van der Waals surface area contributed by atoms with Crippen molar-refractivity contribution in [2.75, 3.05) is 11.9 Å². The Morgan fingerprint density at radius 3 is 2.52 bits per heavy atom. The minimum absolute atomic E-state index is 0.324. The quantitative estimate of drug-likeness (QED) is 0.808. The van der Waals surface area contributed by atoms with E-state index in [1.54, 1.807) is 18.2 Å². The van der Waals surface area contributed by atoms with Crippen molar-refractivity contribution in [2.45, 2.75) is 19.6 Å². The average Bonchev–Trinajstić information content (AvgIpc) is 2.56. The molecule has 2 N–H and O–H groups in total. The number of alkyl halides is 3. The standard InChI is InChI=1S/C17H15ClF3N3O3/c1-10-4-5-13(12(18)7-10)23-14(25)8-22-15(26)9-24-6-2-3-11(16(24)27)17(19,20)21/h2-7H,8-9H2,1H3,(H,22,26)(H,23,25). The number of rotatable bonds is 5. The molecule has 0 bridgehead atoms. The molecule has 0 radical (unpaired) electrons. The molecule has 0 aliphatic rings. The first kappa shape index (κ1) is 20.5. The molecule has 144 valence electrons. The van der Waals surface area contributed by atoms with Crippen molar-refractivity contribution < 1.29 is 22.8 Å². The molecule has 27 heavy (non-hydrogen) atoms. The number of anilines is 1. The van der Waals surface area contributed by atoms with E-state index in [-0.39, 0.29) is 0 Å². The molecule has 0 spiro atoms. The van der Waals surface area contributed by atoms with Crippen molar-refractivity contribution >= 4 is 29.1 Å². The highest BCUT2D eigenvalue weighted by atomic mass is 35.5. The van der Waals surface area contributed by atoms with E-state index in [2.05, 4.69) is 10.6 Å². The van der Waals surface area contributed by atoms with Gasteiger partial charge in [-0.25, -0.2) is 0 Å². The number of aryl methyl sites for hydroxylation is 1. The molecular formula is C17H15ClF3N3O3. The zero-order valence-corrected chi connectivity index (χ0v) is 14.8. The first-order valence-corrected chi connectivity index (χ1v) is 8.05. The van der Waals surface area contributed by atoms with Crippen molar-refractivity contribution in [2.24, 2.45) is 0 Å². The molecule has 0 saturated heterocycles. The first-order valence-electron chi connectivity index (χ1n) is 7.67. The molecule has 0 fully saturated rings. The molecule has 10 heteroatoms. The maximum Gasteiger partial charge on any atom is 0.421 e. The van der Waals surface area contributed by atoms with Gasteiger partial charge in [-0.3, -0.25) is 14.4 Å². The molecule has 1 heterocycles. The molecule has 0 aliphatic carbocycles. The van der Waals surface area contributed by atoms with Crippen molar-refractivity contribution in [1.29, 1.82) is 0 Å². The summed E-state index contributed by atoms with van der Waals surface area (Å²) in [7, 11) is 0. The SMILES string of the molecule is Cc1ccc(NC(=O)CNC(=O)Cn2cccc(C(F)(F)F)c2=O)c(Cl)c1. The Hall–Kier alpha value is -2.81. The average molecular weight is 402 g/mol. The molecule has 1 aromatic carbocycles. The lowest BCUT2D eigenvalue weighted by molar-refractivity contribution is -0.139. The molecule has 6 nitrogen and oxygen atoms in total. The number of carbonyl (C=O) groups excluding carboxylic acids is 2. The summed E-state index contributed by atoms with van der Waals surface area (Å²) >= 11 is 5.98. The molecule has 2 aromatic rings. The number of aromatic nitrogens is 1. The fourth-order valence-electron chi connectivity index (χ4n) is 2.18. The van der Waals surface area contributed by atoms with Gasteiger partial charge >= 0.3 is 6.18 Å². The van der Waals surface area contributed by atoms with Crippen LogP contribution in [-0.4, -0.2) is 22.9 Å². The van der Waals surface area contributed by atoms with Gasteiger partial charge in [-0.05, 0) is 36.8 Å². The monoisotopic (exact) mass is 401 g/mol. The number of nitrogens with one attached hydrogen (secondary N) is 2. The van der Waals surface area contributed by atoms with Gasteiger partial charge in [-0.2, -0.15) is 13.2 Å². The highest BCUT2D eigenvalue weighted by Crippen LogP contribution is 2.26. The van der Waals surface area contributed by atoms with Gasteiger partial charge in [-0.1, -0.05) is 17.7 Å². The van der Waals surface area contributed by atoms with Crippen LogP contribution >= 0.6 is 11.6 Å². The normalized spacial score (nSPS) is 11.1. The predicted octanol–water partition coefficient (Wildman–Crippen LogP) is 2.58. The third kappa shape index (κ3) is 5.58. The van der Waals surface area contributed by atoms with E-state index in [1.807, 2.05) is 6.92 Å². The summed E-state index contributed by atoms with van der Waals surface area (Å²) in [5, 5.41) is 5.05. The molecule has 0 aliphatic heterocycles. The summed E-state index contributed by atoms with van der Waals surface area (Å²) in [6.07, 6.45) is -3.76. The summed E-state index contributed by atoms with van der Waals surface area (Å²) in [6, 6.07) is 6.63. The van der Waals surface area contributed by atoms with Gasteiger partial charge in [0.2, 0.25) is 11.8 Å². The van der Waals surface area contributed by atoms with Crippen LogP contribution in [0.5, 0.6) is 0 Å². The van der Waals surface area contributed by atoms with Crippen LogP contribution in [0.15, 0.2) is 41.3 Å². The van der Waals surface area contributed by atoms with E-state index in [0.29, 0.717) is 21.3 Å². The second-order valence-electron chi connectivity index (χ2n) is 5.66. The number of pyridine rings is 1. The highest BCUT2D eigenvalue weighted by molar-refractivity contribution is 6.33. The largest absolute Gasteiger partial charge is 0.421 e. The van der Waals surface area contributed by atoms with Gasteiger partial charge < -0.3 is 15.2 Å². The Labute approximate surface area is 156 Å².